The van der Waals surface area contributed by atoms with E-state index >= 15 is 0 Å². The molecule has 1 atom stereocenters. The van der Waals surface area contributed by atoms with Crippen LogP contribution in [0.25, 0.3) is 0 Å². The fourth-order valence-electron chi connectivity index (χ4n) is 1.32. The number of hydrogen-bond donors (Lipinski definition) is 2. The van der Waals surface area contributed by atoms with Crippen molar-refractivity contribution in [2.45, 2.75) is 37.0 Å². The van der Waals surface area contributed by atoms with Crippen LogP contribution >= 0.6 is 11.8 Å². The molecule has 0 saturated carbocycles. The summed E-state index contributed by atoms with van der Waals surface area (Å²) in [7, 11) is 0. The summed E-state index contributed by atoms with van der Waals surface area (Å²) in [6, 6.07) is 2.71. The monoisotopic (exact) mass is 302 g/mol. The molecule has 0 aliphatic heterocycles. The molecule has 0 aliphatic carbocycles. The lowest BCUT2D eigenvalue weighted by Crippen LogP contribution is -2.45. The molecule has 4 nitrogen and oxygen atoms in total. The third kappa shape index (κ3) is 5.16. The summed E-state index contributed by atoms with van der Waals surface area (Å²) in [5, 5.41) is 4.09. The van der Waals surface area contributed by atoms with Gasteiger partial charge in [-0.25, -0.2) is 13.6 Å². The maximum atomic E-state index is 13.0. The van der Waals surface area contributed by atoms with Crippen LogP contribution in [0, 0.1) is 11.6 Å². The lowest BCUT2D eigenvalue weighted by atomic mass is 10.3. The van der Waals surface area contributed by atoms with E-state index in [-0.39, 0.29) is 6.04 Å². The molecule has 0 heterocycles. The Morgan fingerprint density at radius 1 is 1.15 bits per heavy atom. The smallest absolute Gasteiger partial charge is 0.321 e. The molecule has 1 aromatic carbocycles. The molecular weight excluding hydrogens is 286 g/mol. The maximum absolute atomic E-state index is 13.0. The molecule has 7 heteroatoms. The summed E-state index contributed by atoms with van der Waals surface area (Å²) in [6.45, 7) is 5.11. The highest BCUT2D eigenvalue weighted by Gasteiger charge is 2.18. The predicted octanol–water partition coefficient (Wildman–Crippen LogP) is 2.68. The van der Waals surface area contributed by atoms with Crippen molar-refractivity contribution in [3.8, 4) is 0 Å². The van der Waals surface area contributed by atoms with E-state index in [0.29, 0.717) is 4.90 Å². The first-order valence-corrected chi connectivity index (χ1v) is 6.90. The first-order valence-electron chi connectivity index (χ1n) is 6.02. The quantitative estimate of drug-likeness (QED) is 0.841. The highest BCUT2D eigenvalue weighted by atomic mass is 32.2. The number of carbonyl (C=O) groups is 2. The first-order chi connectivity index (χ1) is 9.29. The Bertz CT molecular complexity index is 509. The molecule has 0 bridgehead atoms. The summed E-state index contributed by atoms with van der Waals surface area (Å²) < 4.78 is 25.8. The van der Waals surface area contributed by atoms with E-state index < -0.39 is 28.8 Å². The van der Waals surface area contributed by atoms with Crippen molar-refractivity contribution in [3.05, 3.63) is 29.8 Å². The average Bonchev–Trinajstić information content (AvgIpc) is 2.32. The van der Waals surface area contributed by atoms with Crippen LogP contribution in [0.1, 0.15) is 20.8 Å². The number of thioether (sulfide) groups is 1. The average molecular weight is 302 g/mol. The van der Waals surface area contributed by atoms with E-state index in [1.165, 1.54) is 6.07 Å². The molecule has 0 fully saturated rings. The molecule has 3 amide bonds. The Kier molecular flexibility index (Phi) is 5.94. The second-order valence-corrected chi connectivity index (χ2v) is 5.87. The number of nitrogens with one attached hydrogen (secondary N) is 2. The van der Waals surface area contributed by atoms with Crippen LogP contribution in [0.4, 0.5) is 13.6 Å². The minimum atomic E-state index is -0.972. The van der Waals surface area contributed by atoms with Crippen molar-refractivity contribution in [3.63, 3.8) is 0 Å². The zero-order chi connectivity index (χ0) is 15.3. The number of imide groups is 1. The van der Waals surface area contributed by atoms with Crippen molar-refractivity contribution < 1.29 is 18.4 Å². The summed E-state index contributed by atoms with van der Waals surface area (Å²) >= 11 is 1.04. The molecule has 0 unspecified atom stereocenters. The Morgan fingerprint density at radius 2 is 1.80 bits per heavy atom. The van der Waals surface area contributed by atoms with Gasteiger partial charge in [0.2, 0.25) is 5.91 Å². The van der Waals surface area contributed by atoms with Crippen LogP contribution < -0.4 is 10.6 Å². The molecule has 0 aromatic heterocycles. The summed E-state index contributed by atoms with van der Waals surface area (Å²) in [5.74, 6) is -2.42. The molecule has 2 N–H and O–H groups in total. The number of halogens is 2. The number of amides is 3. The molecule has 0 saturated heterocycles. The SMILES string of the molecule is CC(C)NC(=O)NC(=O)[C@H](C)Sc1ccc(F)c(F)c1. The van der Waals surface area contributed by atoms with Gasteiger partial charge in [-0.2, -0.15) is 0 Å². The molecule has 1 rings (SSSR count). The van der Waals surface area contributed by atoms with Crippen molar-refractivity contribution in [1.82, 2.24) is 10.6 Å². The van der Waals surface area contributed by atoms with Gasteiger partial charge in [-0.15, -0.1) is 11.8 Å². The number of hydrogen-bond acceptors (Lipinski definition) is 3. The summed E-state index contributed by atoms with van der Waals surface area (Å²) in [5.41, 5.74) is 0. The van der Waals surface area contributed by atoms with Gasteiger partial charge in [-0.05, 0) is 39.0 Å². The minimum absolute atomic E-state index is 0.0862. The second kappa shape index (κ2) is 7.23. The van der Waals surface area contributed by atoms with E-state index in [0.717, 1.165) is 23.9 Å². The maximum Gasteiger partial charge on any atom is 0.321 e. The summed E-state index contributed by atoms with van der Waals surface area (Å²) in [4.78, 5) is 23.5. The molecule has 0 spiro atoms. The first kappa shape index (κ1) is 16.4. The van der Waals surface area contributed by atoms with Crippen molar-refractivity contribution in [1.29, 1.82) is 0 Å². The standard InChI is InChI=1S/C13H16F2N2O2S/c1-7(2)16-13(19)17-12(18)8(3)20-9-4-5-10(14)11(15)6-9/h4-8H,1-3H3,(H2,16,17,18,19)/t8-/m0/s1. The van der Waals surface area contributed by atoms with Gasteiger partial charge in [0.15, 0.2) is 11.6 Å². The Balaban J connectivity index is 2.57. The van der Waals surface area contributed by atoms with Gasteiger partial charge < -0.3 is 5.32 Å². The van der Waals surface area contributed by atoms with Crippen molar-refractivity contribution in [2.75, 3.05) is 0 Å². The van der Waals surface area contributed by atoms with Gasteiger partial charge in [0, 0.05) is 10.9 Å². The molecule has 110 valence electrons. The summed E-state index contributed by atoms with van der Waals surface area (Å²) in [6.07, 6.45) is 0. The third-order valence-corrected chi connectivity index (χ3v) is 3.32. The van der Waals surface area contributed by atoms with Gasteiger partial charge in [-0.1, -0.05) is 0 Å². The molecule has 20 heavy (non-hydrogen) atoms. The van der Waals surface area contributed by atoms with Gasteiger partial charge in [0.1, 0.15) is 0 Å². The Morgan fingerprint density at radius 3 is 2.35 bits per heavy atom. The number of benzene rings is 1. The van der Waals surface area contributed by atoms with Gasteiger partial charge in [0.05, 0.1) is 5.25 Å². The fraction of sp³-hybridized carbons (Fsp3) is 0.385. The third-order valence-electron chi connectivity index (χ3n) is 2.23. The van der Waals surface area contributed by atoms with Gasteiger partial charge >= 0.3 is 6.03 Å². The van der Waals surface area contributed by atoms with E-state index in [9.17, 15) is 18.4 Å². The van der Waals surface area contributed by atoms with Crippen LogP contribution in [-0.2, 0) is 4.79 Å². The highest BCUT2D eigenvalue weighted by molar-refractivity contribution is 8.00. The van der Waals surface area contributed by atoms with E-state index in [2.05, 4.69) is 10.6 Å². The number of rotatable bonds is 4. The van der Waals surface area contributed by atoms with Crippen LogP contribution in [-0.4, -0.2) is 23.2 Å². The lowest BCUT2D eigenvalue weighted by molar-refractivity contribution is -0.119. The highest BCUT2D eigenvalue weighted by Crippen LogP contribution is 2.24. The topological polar surface area (TPSA) is 58.2 Å². The fourth-order valence-corrected chi connectivity index (χ4v) is 2.21. The van der Waals surface area contributed by atoms with Gasteiger partial charge in [-0.3, -0.25) is 10.1 Å². The van der Waals surface area contributed by atoms with Gasteiger partial charge in [0.25, 0.3) is 0 Å². The molecule has 0 radical (unpaired) electrons. The zero-order valence-corrected chi connectivity index (χ0v) is 12.2. The molecule has 0 aliphatic rings. The van der Waals surface area contributed by atoms with Crippen LogP contribution in [0.2, 0.25) is 0 Å². The number of carbonyl (C=O) groups excluding carboxylic acids is 2. The van der Waals surface area contributed by atoms with E-state index in [4.69, 9.17) is 0 Å². The van der Waals surface area contributed by atoms with E-state index in [1.807, 2.05) is 0 Å². The Labute approximate surface area is 120 Å². The van der Waals surface area contributed by atoms with Crippen LogP contribution in [0.3, 0.4) is 0 Å². The van der Waals surface area contributed by atoms with Crippen molar-refractivity contribution >= 4 is 23.7 Å². The lowest BCUT2D eigenvalue weighted by Gasteiger charge is -2.13. The zero-order valence-electron chi connectivity index (χ0n) is 11.4. The normalized spacial score (nSPS) is 12.1. The molecule has 1 aromatic rings. The van der Waals surface area contributed by atoms with Crippen LogP contribution in [0.5, 0.6) is 0 Å². The van der Waals surface area contributed by atoms with Crippen molar-refractivity contribution in [2.24, 2.45) is 0 Å². The minimum Gasteiger partial charge on any atom is -0.336 e. The molecular formula is C13H16F2N2O2S. The van der Waals surface area contributed by atoms with Crippen LogP contribution in [0.15, 0.2) is 23.1 Å². The predicted molar refractivity (Wildman–Crippen MR) is 73.5 cm³/mol. The second-order valence-electron chi connectivity index (χ2n) is 4.45. The number of urea groups is 1. The Hall–Kier alpha value is -1.63. The largest absolute Gasteiger partial charge is 0.336 e. The van der Waals surface area contributed by atoms with E-state index in [1.54, 1.807) is 20.8 Å².